The maximum atomic E-state index is 13.6. The van der Waals surface area contributed by atoms with Gasteiger partial charge in [-0.3, -0.25) is 19.4 Å². The van der Waals surface area contributed by atoms with E-state index in [1.165, 1.54) is 4.90 Å². The summed E-state index contributed by atoms with van der Waals surface area (Å²) in [6, 6.07) is 1.91. The van der Waals surface area contributed by atoms with Crippen LogP contribution in [0.4, 0.5) is 0 Å². The predicted octanol–water partition coefficient (Wildman–Crippen LogP) is 1.79. The predicted molar refractivity (Wildman–Crippen MR) is 107 cm³/mol. The van der Waals surface area contributed by atoms with E-state index in [9.17, 15) is 14.4 Å². The van der Waals surface area contributed by atoms with Crippen LogP contribution in [0.15, 0.2) is 24.5 Å². The number of carbonyl (C=O) groups excluding carboxylic acids is 3. The van der Waals surface area contributed by atoms with Crippen molar-refractivity contribution in [1.82, 2.24) is 15.2 Å². The lowest BCUT2D eigenvalue weighted by Crippen LogP contribution is -2.55. The third kappa shape index (κ3) is 4.03. The quantitative estimate of drug-likeness (QED) is 0.751. The average Bonchev–Trinajstić information content (AvgIpc) is 3.28. The van der Waals surface area contributed by atoms with Gasteiger partial charge < -0.3 is 15.0 Å². The molecule has 2 saturated heterocycles. The van der Waals surface area contributed by atoms with E-state index in [-0.39, 0.29) is 36.7 Å². The summed E-state index contributed by atoms with van der Waals surface area (Å²) in [7, 11) is 0. The molecule has 1 saturated carbocycles. The molecular formula is C21H26ClN3O4. The third-order valence-corrected chi connectivity index (χ3v) is 6.82. The van der Waals surface area contributed by atoms with Crippen LogP contribution in [0.25, 0.3) is 0 Å². The number of alkyl halides is 1. The Morgan fingerprint density at radius 3 is 2.62 bits per heavy atom. The van der Waals surface area contributed by atoms with E-state index in [0.29, 0.717) is 11.5 Å². The van der Waals surface area contributed by atoms with Gasteiger partial charge in [-0.05, 0) is 36.8 Å². The lowest BCUT2D eigenvalue weighted by Gasteiger charge is -2.35. The third-order valence-electron chi connectivity index (χ3n) is 6.43. The summed E-state index contributed by atoms with van der Waals surface area (Å²) in [5.41, 5.74) is 0.455. The second-order valence-corrected chi connectivity index (χ2v) is 8.96. The van der Waals surface area contributed by atoms with Crippen LogP contribution in [-0.4, -0.2) is 64.2 Å². The summed E-state index contributed by atoms with van der Waals surface area (Å²) in [5.74, 6) is -0.00990. The number of Topliss-reactive ketones (excluding diaryl/α,β-unsaturated/α-hetero) is 1. The number of ketones is 1. The van der Waals surface area contributed by atoms with Crippen molar-refractivity contribution < 1.29 is 19.1 Å². The molecule has 1 aromatic heterocycles. The number of rotatable bonds is 4. The van der Waals surface area contributed by atoms with Gasteiger partial charge in [0.15, 0.2) is 5.78 Å². The van der Waals surface area contributed by atoms with E-state index < -0.39 is 23.6 Å². The van der Waals surface area contributed by atoms with Crippen LogP contribution in [0.3, 0.4) is 0 Å². The second kappa shape index (κ2) is 8.40. The molecule has 29 heavy (non-hydrogen) atoms. The van der Waals surface area contributed by atoms with Crippen molar-refractivity contribution in [3.63, 3.8) is 0 Å². The lowest BCUT2D eigenvalue weighted by molar-refractivity contribution is -0.139. The number of nitrogens with one attached hydrogen (secondary N) is 1. The molecule has 0 aromatic carbocycles. The zero-order chi connectivity index (χ0) is 20.5. The highest BCUT2D eigenvalue weighted by Gasteiger charge is 2.53. The van der Waals surface area contributed by atoms with Crippen LogP contribution < -0.4 is 5.32 Å². The summed E-state index contributed by atoms with van der Waals surface area (Å²) >= 11 is 6.36. The Bertz CT molecular complexity index is 781. The van der Waals surface area contributed by atoms with Gasteiger partial charge in [0.1, 0.15) is 24.8 Å². The summed E-state index contributed by atoms with van der Waals surface area (Å²) in [5, 5.41) is 2.53. The van der Waals surface area contributed by atoms with E-state index in [2.05, 4.69) is 17.2 Å². The number of amides is 2. The molecule has 2 aliphatic heterocycles. The van der Waals surface area contributed by atoms with E-state index in [1.54, 1.807) is 24.5 Å². The average molecular weight is 420 g/mol. The standard InChI is InChI=1S/C21H26ClN3O4/c1-12-2-4-13(5-3-12)17(24-20(27)14-6-8-23-9-7-14)21(28)25-10-15(22)19-18(25)16(26)11-29-19/h6-9,12-13,15,17-19H,2-5,10-11H2,1H3,(H,24,27)/t12-,13-,15-,17-,18+,19+/m0/s1. The molecular weight excluding hydrogens is 394 g/mol. The van der Waals surface area contributed by atoms with Crippen LogP contribution in [0.2, 0.25) is 0 Å². The fourth-order valence-electron chi connectivity index (χ4n) is 4.73. The highest BCUT2D eigenvalue weighted by Crippen LogP contribution is 2.35. The smallest absolute Gasteiger partial charge is 0.252 e. The van der Waals surface area contributed by atoms with Gasteiger partial charge in [-0.15, -0.1) is 11.6 Å². The van der Waals surface area contributed by atoms with E-state index in [0.717, 1.165) is 25.7 Å². The number of nitrogens with zero attached hydrogens (tertiary/aromatic N) is 2. The number of fused-ring (bicyclic) bond motifs is 1. The molecule has 156 valence electrons. The molecule has 2 amide bonds. The van der Waals surface area contributed by atoms with Crippen molar-refractivity contribution in [2.45, 2.75) is 56.2 Å². The number of halogens is 1. The fourth-order valence-corrected chi connectivity index (χ4v) is 5.09. The van der Waals surface area contributed by atoms with Crippen LogP contribution in [0.1, 0.15) is 43.0 Å². The number of ether oxygens (including phenoxy) is 1. The molecule has 0 radical (unpaired) electrons. The zero-order valence-corrected chi connectivity index (χ0v) is 17.2. The topological polar surface area (TPSA) is 88.6 Å². The normalized spacial score (nSPS) is 32.7. The second-order valence-electron chi connectivity index (χ2n) is 8.40. The Balaban J connectivity index is 1.57. The molecule has 3 heterocycles. The Hall–Kier alpha value is -1.99. The number of aromatic nitrogens is 1. The SMILES string of the molecule is C[C@H]1CC[C@H]([C@H](NC(=O)c2ccncc2)C(=O)N2C[C@H](Cl)[C@H]3OCC(=O)[C@H]32)CC1. The minimum atomic E-state index is -0.681. The van der Waals surface area contributed by atoms with Gasteiger partial charge in [-0.1, -0.05) is 19.8 Å². The molecule has 0 bridgehead atoms. The first-order chi connectivity index (χ1) is 14.0. The highest BCUT2D eigenvalue weighted by atomic mass is 35.5. The van der Waals surface area contributed by atoms with Gasteiger partial charge in [0.25, 0.3) is 5.91 Å². The maximum absolute atomic E-state index is 13.6. The molecule has 1 N–H and O–H groups in total. The fraction of sp³-hybridized carbons (Fsp3) is 0.619. The number of likely N-dealkylation sites (tertiary alicyclic amines) is 1. The highest BCUT2D eigenvalue weighted by molar-refractivity contribution is 6.22. The van der Waals surface area contributed by atoms with E-state index in [1.807, 2.05) is 0 Å². The van der Waals surface area contributed by atoms with Gasteiger partial charge in [-0.25, -0.2) is 0 Å². The van der Waals surface area contributed by atoms with Gasteiger partial charge in [0.2, 0.25) is 5.91 Å². The first-order valence-corrected chi connectivity index (χ1v) is 10.7. The van der Waals surface area contributed by atoms with E-state index >= 15 is 0 Å². The van der Waals surface area contributed by atoms with Crippen molar-refractivity contribution in [3.8, 4) is 0 Å². The van der Waals surface area contributed by atoms with E-state index in [4.69, 9.17) is 16.3 Å². The summed E-state index contributed by atoms with van der Waals surface area (Å²) < 4.78 is 5.50. The minimum Gasteiger partial charge on any atom is -0.366 e. The summed E-state index contributed by atoms with van der Waals surface area (Å²) in [6.07, 6.45) is 6.40. The summed E-state index contributed by atoms with van der Waals surface area (Å²) in [4.78, 5) is 44.2. The molecule has 4 atom stereocenters. The van der Waals surface area contributed by atoms with Crippen LogP contribution in [0, 0.1) is 11.8 Å². The molecule has 8 heteroatoms. The molecule has 3 fully saturated rings. The van der Waals surface area contributed by atoms with Gasteiger partial charge in [0, 0.05) is 24.5 Å². The Morgan fingerprint density at radius 2 is 1.93 bits per heavy atom. The summed E-state index contributed by atoms with van der Waals surface area (Å²) in [6.45, 7) is 2.45. The number of carbonyl (C=O) groups is 3. The van der Waals surface area contributed by atoms with Crippen LogP contribution >= 0.6 is 11.6 Å². The minimum absolute atomic E-state index is 0.0165. The molecule has 1 aromatic rings. The Kier molecular flexibility index (Phi) is 5.88. The number of hydrogen-bond donors (Lipinski definition) is 1. The first-order valence-electron chi connectivity index (χ1n) is 10.3. The zero-order valence-electron chi connectivity index (χ0n) is 16.4. The van der Waals surface area contributed by atoms with Crippen LogP contribution in [-0.2, 0) is 14.3 Å². The van der Waals surface area contributed by atoms with Crippen molar-refractivity contribution in [2.75, 3.05) is 13.2 Å². The van der Waals surface area contributed by atoms with Gasteiger partial charge >= 0.3 is 0 Å². The molecule has 3 aliphatic rings. The van der Waals surface area contributed by atoms with Crippen LogP contribution in [0.5, 0.6) is 0 Å². The Labute approximate surface area is 175 Å². The molecule has 0 unspecified atom stereocenters. The van der Waals surface area contributed by atoms with Crippen molar-refractivity contribution in [3.05, 3.63) is 30.1 Å². The lowest BCUT2D eigenvalue weighted by atomic mass is 9.78. The monoisotopic (exact) mass is 419 g/mol. The molecule has 7 nitrogen and oxygen atoms in total. The molecule has 4 rings (SSSR count). The number of hydrogen-bond acceptors (Lipinski definition) is 5. The number of pyridine rings is 1. The van der Waals surface area contributed by atoms with Gasteiger partial charge in [0.05, 0.1) is 5.38 Å². The maximum Gasteiger partial charge on any atom is 0.252 e. The van der Waals surface area contributed by atoms with Crippen molar-refractivity contribution in [2.24, 2.45) is 11.8 Å². The Morgan fingerprint density at radius 1 is 1.24 bits per heavy atom. The molecule has 1 aliphatic carbocycles. The van der Waals surface area contributed by atoms with Crippen molar-refractivity contribution in [1.29, 1.82) is 0 Å². The first kappa shape index (κ1) is 20.3. The molecule has 0 spiro atoms. The van der Waals surface area contributed by atoms with Crippen molar-refractivity contribution >= 4 is 29.2 Å². The largest absolute Gasteiger partial charge is 0.366 e. The van der Waals surface area contributed by atoms with Gasteiger partial charge in [-0.2, -0.15) is 0 Å².